The van der Waals surface area contributed by atoms with Crippen molar-refractivity contribution in [2.45, 2.75) is 51.2 Å². The molecule has 2 aliphatic carbocycles. The fourth-order valence-corrected chi connectivity index (χ4v) is 5.76. The van der Waals surface area contributed by atoms with E-state index in [-0.39, 0.29) is 28.3 Å². The molecule has 3 rings (SSSR count). The normalized spacial score (nSPS) is 46.1. The van der Waals surface area contributed by atoms with Gasteiger partial charge in [-0.25, -0.2) is 0 Å². The summed E-state index contributed by atoms with van der Waals surface area (Å²) in [5.41, 5.74) is 0.237. The van der Waals surface area contributed by atoms with Crippen molar-refractivity contribution in [1.29, 1.82) is 0 Å². The second-order valence-corrected chi connectivity index (χ2v) is 7.64. The Morgan fingerprint density at radius 2 is 2.36 bits per heavy atom. The Balaban J connectivity index is 2.10. The van der Waals surface area contributed by atoms with Crippen molar-refractivity contribution in [3.63, 3.8) is 0 Å². The fourth-order valence-electron chi connectivity index (χ4n) is 5.76. The van der Waals surface area contributed by atoms with E-state index in [2.05, 4.69) is 26.5 Å². The van der Waals surface area contributed by atoms with E-state index in [1.54, 1.807) is 0 Å². The van der Waals surface area contributed by atoms with Gasteiger partial charge in [-0.1, -0.05) is 17.7 Å². The molecule has 1 saturated carbocycles. The second kappa shape index (κ2) is 4.93. The maximum absolute atomic E-state index is 12.0. The van der Waals surface area contributed by atoms with Crippen molar-refractivity contribution < 1.29 is 19.4 Å². The number of methoxy groups -OCH3 is 1. The summed E-state index contributed by atoms with van der Waals surface area (Å²) in [6, 6.07) is 0. The molecule has 0 unspecified atom stereocenters. The Hall–Kier alpha value is -1.13. The van der Waals surface area contributed by atoms with E-state index in [9.17, 15) is 9.90 Å². The van der Waals surface area contributed by atoms with Crippen LogP contribution >= 0.6 is 0 Å². The van der Waals surface area contributed by atoms with Crippen molar-refractivity contribution in [2.75, 3.05) is 13.7 Å². The number of carbonyl (C=O) groups is 1. The van der Waals surface area contributed by atoms with Crippen LogP contribution in [0.25, 0.3) is 0 Å². The number of esters is 1. The van der Waals surface area contributed by atoms with Crippen molar-refractivity contribution in [3.05, 3.63) is 24.3 Å². The molecule has 0 aromatic carbocycles. The van der Waals surface area contributed by atoms with E-state index < -0.39 is 6.10 Å². The van der Waals surface area contributed by atoms with Crippen LogP contribution in [0.4, 0.5) is 0 Å². The molecule has 4 nitrogen and oxygen atoms in total. The highest BCUT2D eigenvalue weighted by molar-refractivity contribution is 5.70. The largest absolute Gasteiger partial charge is 0.469 e. The van der Waals surface area contributed by atoms with Crippen LogP contribution in [0.2, 0.25) is 0 Å². The number of ether oxygens (including phenoxy) is 2. The van der Waals surface area contributed by atoms with Gasteiger partial charge in [-0.15, -0.1) is 6.58 Å². The molecule has 0 spiro atoms. The van der Waals surface area contributed by atoms with E-state index in [1.807, 2.05) is 6.08 Å². The van der Waals surface area contributed by atoms with E-state index in [0.717, 1.165) is 6.42 Å². The number of hydrogen-bond acceptors (Lipinski definition) is 4. The molecule has 0 amide bonds. The van der Waals surface area contributed by atoms with Gasteiger partial charge in [0.25, 0.3) is 0 Å². The van der Waals surface area contributed by atoms with Gasteiger partial charge >= 0.3 is 5.97 Å². The van der Waals surface area contributed by atoms with Crippen molar-refractivity contribution in [2.24, 2.45) is 16.7 Å². The number of allylic oxidation sites excluding steroid dienone is 1. The van der Waals surface area contributed by atoms with Gasteiger partial charge in [0.05, 0.1) is 31.8 Å². The molecule has 2 fully saturated rings. The molecule has 0 radical (unpaired) electrons. The van der Waals surface area contributed by atoms with Gasteiger partial charge in [0.15, 0.2) is 0 Å². The number of rotatable bonds is 4. The van der Waals surface area contributed by atoms with Crippen molar-refractivity contribution in [1.82, 2.24) is 0 Å². The van der Waals surface area contributed by atoms with Gasteiger partial charge < -0.3 is 14.6 Å². The average molecular weight is 306 g/mol. The highest BCUT2D eigenvalue weighted by Crippen LogP contribution is 2.69. The molecular formula is C18H26O4. The molecule has 1 aliphatic heterocycles. The number of hydrogen-bond donors (Lipinski definition) is 1. The molecule has 0 aromatic rings. The molecule has 2 bridgehead atoms. The summed E-state index contributed by atoms with van der Waals surface area (Å²) in [4.78, 5) is 12.0. The third-order valence-corrected chi connectivity index (χ3v) is 6.05. The first-order valence-electron chi connectivity index (χ1n) is 8.00. The monoisotopic (exact) mass is 306 g/mol. The molecule has 3 aliphatic rings. The fraction of sp³-hybridized carbons (Fsp3) is 0.722. The SMILES string of the molecule is C=CC[C@@]1(CC(=O)OC)C[C@@H](O)[C@]23C=C(C)C[C@](C)(OC2)[C@H]13. The first-order valence-corrected chi connectivity index (χ1v) is 8.00. The minimum atomic E-state index is -0.487. The molecule has 122 valence electrons. The standard InChI is InChI=1S/C18H26O4/c1-5-6-17(10-14(20)21-4)9-13(19)18-8-12(2)7-16(3,15(17)18)22-11-18/h5,8,13,15,19H,1,6-7,9-11H2,2-4H3/t13-,15-,16+,17+,18+/m1/s1. The zero-order valence-electron chi connectivity index (χ0n) is 13.7. The molecule has 4 heteroatoms. The van der Waals surface area contributed by atoms with Crippen LogP contribution < -0.4 is 0 Å². The minimum absolute atomic E-state index is 0.114. The molecule has 5 atom stereocenters. The van der Waals surface area contributed by atoms with Gasteiger partial charge in [-0.3, -0.25) is 4.79 Å². The highest BCUT2D eigenvalue weighted by Gasteiger charge is 2.71. The zero-order valence-corrected chi connectivity index (χ0v) is 13.7. The summed E-state index contributed by atoms with van der Waals surface area (Å²) in [6.07, 6.45) is 6.04. The smallest absolute Gasteiger partial charge is 0.306 e. The quantitative estimate of drug-likeness (QED) is 0.641. The minimum Gasteiger partial charge on any atom is -0.469 e. The molecule has 1 saturated heterocycles. The molecule has 0 aromatic heterocycles. The Bertz CT molecular complexity index is 539. The Morgan fingerprint density at radius 3 is 3.00 bits per heavy atom. The van der Waals surface area contributed by atoms with Crippen LogP contribution in [0.1, 0.15) is 39.5 Å². The highest BCUT2D eigenvalue weighted by atomic mass is 16.5. The van der Waals surface area contributed by atoms with E-state index in [1.165, 1.54) is 12.7 Å². The summed E-state index contributed by atoms with van der Waals surface area (Å²) >= 11 is 0. The number of aliphatic hydroxyl groups excluding tert-OH is 1. The van der Waals surface area contributed by atoms with Crippen molar-refractivity contribution in [3.8, 4) is 0 Å². The first kappa shape index (κ1) is 15.8. The summed E-state index contributed by atoms with van der Waals surface area (Å²) in [5.74, 6) is -0.108. The summed E-state index contributed by atoms with van der Waals surface area (Å²) in [7, 11) is 1.42. The van der Waals surface area contributed by atoms with Gasteiger partial charge in [0, 0.05) is 11.3 Å². The van der Waals surface area contributed by atoms with Gasteiger partial charge in [0.1, 0.15) is 0 Å². The summed E-state index contributed by atoms with van der Waals surface area (Å²) in [6.45, 7) is 8.65. The third-order valence-electron chi connectivity index (χ3n) is 6.05. The van der Waals surface area contributed by atoms with Crippen LogP contribution in [0.3, 0.4) is 0 Å². The van der Waals surface area contributed by atoms with Crippen LogP contribution in [-0.2, 0) is 14.3 Å². The second-order valence-electron chi connectivity index (χ2n) is 7.64. The Kier molecular flexibility index (Phi) is 3.53. The molecule has 22 heavy (non-hydrogen) atoms. The van der Waals surface area contributed by atoms with Gasteiger partial charge in [0.2, 0.25) is 0 Å². The maximum atomic E-state index is 12.0. The molecular weight excluding hydrogens is 280 g/mol. The lowest BCUT2D eigenvalue weighted by Crippen LogP contribution is -2.48. The lowest BCUT2D eigenvalue weighted by atomic mass is 9.57. The topological polar surface area (TPSA) is 55.8 Å². The van der Waals surface area contributed by atoms with Crippen molar-refractivity contribution >= 4 is 5.97 Å². The van der Waals surface area contributed by atoms with Crippen LogP contribution in [0, 0.1) is 16.7 Å². The first-order chi connectivity index (χ1) is 10.3. The predicted molar refractivity (Wildman–Crippen MR) is 83.2 cm³/mol. The van der Waals surface area contributed by atoms with Crippen LogP contribution in [-0.4, -0.2) is 36.5 Å². The molecule has 1 heterocycles. The van der Waals surface area contributed by atoms with Crippen LogP contribution in [0.5, 0.6) is 0 Å². The predicted octanol–water partition coefficient (Wildman–Crippen LogP) is 2.62. The summed E-state index contributed by atoms with van der Waals surface area (Å²) < 4.78 is 11.1. The van der Waals surface area contributed by atoms with E-state index >= 15 is 0 Å². The van der Waals surface area contributed by atoms with Crippen LogP contribution in [0.15, 0.2) is 24.3 Å². The van der Waals surface area contributed by atoms with E-state index in [0.29, 0.717) is 25.9 Å². The summed E-state index contributed by atoms with van der Waals surface area (Å²) in [5, 5.41) is 10.9. The lowest BCUT2D eigenvalue weighted by Gasteiger charge is -2.46. The van der Waals surface area contributed by atoms with Gasteiger partial charge in [-0.05, 0) is 38.5 Å². The maximum Gasteiger partial charge on any atom is 0.306 e. The number of carbonyl (C=O) groups excluding carboxylic acids is 1. The van der Waals surface area contributed by atoms with Gasteiger partial charge in [-0.2, -0.15) is 0 Å². The lowest BCUT2D eigenvalue weighted by molar-refractivity contribution is -0.146. The number of aliphatic hydroxyl groups is 1. The zero-order chi connectivity index (χ0) is 16.2. The third kappa shape index (κ3) is 1.93. The average Bonchev–Trinajstić information content (AvgIpc) is 2.79. The molecule has 1 N–H and O–H groups in total. The Morgan fingerprint density at radius 1 is 1.64 bits per heavy atom. The Labute approximate surface area is 132 Å². The van der Waals surface area contributed by atoms with E-state index in [4.69, 9.17) is 9.47 Å².